The van der Waals surface area contributed by atoms with E-state index in [1.54, 1.807) is 6.92 Å². The molecule has 0 aliphatic heterocycles. The van der Waals surface area contributed by atoms with Gasteiger partial charge in [0.1, 0.15) is 0 Å². The average Bonchev–Trinajstić information content (AvgIpc) is 2.36. The Balaban J connectivity index is 2.68. The second kappa shape index (κ2) is 6.52. The van der Waals surface area contributed by atoms with Crippen LogP contribution in [0.4, 0.5) is 0 Å². The molecule has 1 rings (SSSR count). The highest BCUT2D eigenvalue weighted by molar-refractivity contribution is 7.92. The van der Waals surface area contributed by atoms with Gasteiger partial charge in [0.2, 0.25) is 10.0 Å². The first-order valence-electron chi connectivity index (χ1n) is 6.59. The summed E-state index contributed by atoms with van der Waals surface area (Å²) in [5.41, 5.74) is 0.873. The number of hydrogen-bond donors (Lipinski definition) is 2. The van der Waals surface area contributed by atoms with Crippen molar-refractivity contribution in [2.75, 3.05) is 6.54 Å². The number of hydrogen-bond acceptors (Lipinski definition) is 3. The predicted octanol–water partition coefficient (Wildman–Crippen LogP) is 2.29. The van der Waals surface area contributed by atoms with Crippen molar-refractivity contribution >= 4 is 16.1 Å². The largest absolute Gasteiger partial charge is 0.389 e. The van der Waals surface area contributed by atoms with Crippen LogP contribution in [-0.4, -0.2) is 25.7 Å². The van der Waals surface area contributed by atoms with E-state index in [1.807, 2.05) is 45.0 Å². The van der Waals surface area contributed by atoms with Gasteiger partial charge in [-0.3, -0.25) is 0 Å². The monoisotopic (exact) mass is 297 g/mol. The molecular weight excluding hydrogens is 274 g/mol. The molecule has 0 saturated carbocycles. The van der Waals surface area contributed by atoms with Gasteiger partial charge in [-0.1, -0.05) is 43.7 Å². The molecule has 0 aliphatic rings. The highest BCUT2D eigenvalue weighted by atomic mass is 32.2. The zero-order valence-corrected chi connectivity index (χ0v) is 13.2. The van der Waals surface area contributed by atoms with E-state index in [0.717, 1.165) is 16.5 Å². The second-order valence-corrected chi connectivity index (χ2v) is 7.24. The van der Waals surface area contributed by atoms with E-state index in [9.17, 15) is 13.5 Å². The summed E-state index contributed by atoms with van der Waals surface area (Å²) in [4.78, 5) is 0. The van der Waals surface area contributed by atoms with Crippen LogP contribution in [0.15, 0.2) is 29.7 Å². The Morgan fingerprint density at radius 2 is 1.85 bits per heavy atom. The third kappa shape index (κ3) is 5.45. The van der Waals surface area contributed by atoms with Gasteiger partial charge in [-0.25, -0.2) is 13.1 Å². The molecular formula is C15H23NO3S. The lowest BCUT2D eigenvalue weighted by Crippen LogP contribution is -2.43. The number of aryl methyl sites for hydroxylation is 1. The van der Waals surface area contributed by atoms with Crippen LogP contribution in [0.1, 0.15) is 31.9 Å². The normalized spacial score (nSPS) is 15.7. The second-order valence-electron chi connectivity index (χ2n) is 5.59. The minimum Gasteiger partial charge on any atom is -0.389 e. The molecule has 1 unspecified atom stereocenters. The van der Waals surface area contributed by atoms with Crippen molar-refractivity contribution in [3.05, 3.63) is 40.8 Å². The Morgan fingerprint density at radius 3 is 2.35 bits per heavy atom. The summed E-state index contributed by atoms with van der Waals surface area (Å²) in [5.74, 6) is -0.0359. The van der Waals surface area contributed by atoms with E-state index in [4.69, 9.17) is 0 Å². The molecule has 0 heterocycles. The van der Waals surface area contributed by atoms with E-state index in [0.29, 0.717) is 0 Å². The van der Waals surface area contributed by atoms with Crippen molar-refractivity contribution in [2.45, 2.75) is 33.3 Å². The molecule has 4 nitrogen and oxygen atoms in total. The number of rotatable bonds is 6. The first kappa shape index (κ1) is 16.9. The smallest absolute Gasteiger partial charge is 0.233 e. The van der Waals surface area contributed by atoms with Gasteiger partial charge in [0.25, 0.3) is 0 Å². The van der Waals surface area contributed by atoms with Crippen LogP contribution in [0.2, 0.25) is 0 Å². The molecule has 0 saturated heterocycles. The maximum atomic E-state index is 11.8. The Kier molecular flexibility index (Phi) is 5.50. The highest BCUT2D eigenvalue weighted by Gasteiger charge is 2.26. The highest BCUT2D eigenvalue weighted by Crippen LogP contribution is 2.15. The fourth-order valence-electron chi connectivity index (χ4n) is 1.34. The molecule has 1 aromatic rings. The number of benzene rings is 1. The molecule has 112 valence electrons. The van der Waals surface area contributed by atoms with Gasteiger partial charge < -0.3 is 5.11 Å². The molecule has 0 aromatic heterocycles. The quantitative estimate of drug-likeness (QED) is 0.846. The Labute approximate surface area is 121 Å². The van der Waals surface area contributed by atoms with E-state index in [1.165, 1.54) is 6.08 Å². The molecule has 0 bridgehead atoms. The Morgan fingerprint density at radius 1 is 1.30 bits per heavy atom. The number of nitrogens with one attached hydrogen (secondary N) is 1. The number of sulfonamides is 1. The van der Waals surface area contributed by atoms with Crippen LogP contribution >= 0.6 is 0 Å². The lowest BCUT2D eigenvalue weighted by molar-refractivity contribution is 0.0191. The van der Waals surface area contributed by atoms with Gasteiger partial charge >= 0.3 is 0 Å². The van der Waals surface area contributed by atoms with Crippen LogP contribution in [0, 0.1) is 12.8 Å². The van der Waals surface area contributed by atoms with Crippen LogP contribution < -0.4 is 4.72 Å². The zero-order chi connectivity index (χ0) is 15.4. The average molecular weight is 297 g/mol. The van der Waals surface area contributed by atoms with Gasteiger partial charge in [0, 0.05) is 12.0 Å². The van der Waals surface area contributed by atoms with Crippen LogP contribution in [0.3, 0.4) is 0 Å². The van der Waals surface area contributed by atoms with Crippen molar-refractivity contribution in [1.82, 2.24) is 4.72 Å². The van der Waals surface area contributed by atoms with E-state index in [-0.39, 0.29) is 12.5 Å². The van der Waals surface area contributed by atoms with Gasteiger partial charge in [0.05, 0.1) is 5.60 Å². The Hall–Kier alpha value is -1.17. The van der Waals surface area contributed by atoms with Crippen LogP contribution in [-0.2, 0) is 10.0 Å². The molecule has 5 heteroatoms. The van der Waals surface area contributed by atoms with E-state index < -0.39 is 15.6 Å². The minimum atomic E-state index is -3.55. The van der Waals surface area contributed by atoms with E-state index in [2.05, 4.69) is 4.72 Å². The lowest BCUT2D eigenvalue weighted by atomic mass is 9.93. The Bertz CT molecular complexity index is 557. The summed E-state index contributed by atoms with van der Waals surface area (Å²) in [6.45, 7) is 7.27. The summed E-state index contributed by atoms with van der Waals surface area (Å²) >= 11 is 0. The summed E-state index contributed by atoms with van der Waals surface area (Å²) in [6, 6.07) is 7.55. The van der Waals surface area contributed by atoms with Crippen molar-refractivity contribution in [3.63, 3.8) is 0 Å². The van der Waals surface area contributed by atoms with Crippen molar-refractivity contribution in [2.24, 2.45) is 5.92 Å². The van der Waals surface area contributed by atoms with Crippen LogP contribution in [0.25, 0.3) is 6.08 Å². The molecule has 0 aliphatic carbocycles. The molecule has 0 amide bonds. The summed E-state index contributed by atoms with van der Waals surface area (Å²) < 4.78 is 26.1. The zero-order valence-electron chi connectivity index (χ0n) is 12.4. The first-order valence-corrected chi connectivity index (χ1v) is 8.14. The van der Waals surface area contributed by atoms with Gasteiger partial charge in [-0.05, 0) is 31.4 Å². The maximum absolute atomic E-state index is 11.8. The molecule has 20 heavy (non-hydrogen) atoms. The predicted molar refractivity (Wildman–Crippen MR) is 82.6 cm³/mol. The van der Waals surface area contributed by atoms with Gasteiger partial charge in [0.15, 0.2) is 0 Å². The van der Waals surface area contributed by atoms with Crippen LogP contribution in [0.5, 0.6) is 0 Å². The molecule has 2 N–H and O–H groups in total. The molecule has 0 spiro atoms. The lowest BCUT2D eigenvalue weighted by Gasteiger charge is -2.27. The summed E-state index contributed by atoms with van der Waals surface area (Å²) in [6.07, 6.45) is 1.53. The standard InChI is InChI=1S/C15H23NO3S/c1-12(2)15(4,17)11-16-20(18,19)10-9-14-7-5-13(3)6-8-14/h5-10,12,16-17H,11H2,1-4H3/b10-9+. The first-order chi connectivity index (χ1) is 9.12. The molecule has 1 atom stereocenters. The maximum Gasteiger partial charge on any atom is 0.233 e. The summed E-state index contributed by atoms with van der Waals surface area (Å²) in [5, 5.41) is 11.1. The SMILES string of the molecule is Cc1ccc(/C=C/S(=O)(=O)NCC(C)(O)C(C)C)cc1. The minimum absolute atomic E-state index is 0.00869. The molecule has 1 aromatic carbocycles. The van der Waals surface area contributed by atoms with Crippen molar-refractivity contribution in [3.8, 4) is 0 Å². The van der Waals surface area contributed by atoms with Crippen molar-refractivity contribution < 1.29 is 13.5 Å². The van der Waals surface area contributed by atoms with Gasteiger partial charge in [-0.2, -0.15) is 0 Å². The van der Waals surface area contributed by atoms with E-state index >= 15 is 0 Å². The fraction of sp³-hybridized carbons (Fsp3) is 0.467. The third-order valence-corrected chi connectivity index (χ3v) is 4.43. The van der Waals surface area contributed by atoms with Crippen molar-refractivity contribution in [1.29, 1.82) is 0 Å². The fourth-order valence-corrected chi connectivity index (χ4v) is 2.27. The third-order valence-electron chi connectivity index (χ3n) is 3.39. The number of aliphatic hydroxyl groups is 1. The molecule has 0 fully saturated rings. The topological polar surface area (TPSA) is 66.4 Å². The van der Waals surface area contributed by atoms with Gasteiger partial charge in [-0.15, -0.1) is 0 Å². The summed E-state index contributed by atoms with van der Waals surface area (Å²) in [7, 11) is -3.55. The molecule has 0 radical (unpaired) electrons.